The first-order chi connectivity index (χ1) is 11.1. The SMILES string of the molecule is Cc1ncc(C(=O)NCCN2CCCC23CCC3)cc1NC=O. The number of carbonyl (C=O) groups excluding carboxylic acids is 2. The number of aryl methyl sites for hydroxylation is 1. The highest BCUT2D eigenvalue weighted by Crippen LogP contribution is 2.44. The van der Waals surface area contributed by atoms with Crippen LogP contribution in [0.4, 0.5) is 5.69 Å². The molecule has 23 heavy (non-hydrogen) atoms. The minimum Gasteiger partial charge on any atom is -0.351 e. The molecule has 2 aliphatic rings. The Morgan fingerprint density at radius 3 is 2.87 bits per heavy atom. The Morgan fingerprint density at radius 2 is 2.17 bits per heavy atom. The fourth-order valence-electron chi connectivity index (χ4n) is 3.77. The molecule has 2 amide bonds. The monoisotopic (exact) mass is 316 g/mol. The summed E-state index contributed by atoms with van der Waals surface area (Å²) in [6.45, 7) is 4.49. The molecule has 6 heteroatoms. The highest BCUT2D eigenvalue weighted by Gasteiger charge is 2.44. The van der Waals surface area contributed by atoms with Crippen LogP contribution in [0.2, 0.25) is 0 Å². The Morgan fingerprint density at radius 1 is 1.39 bits per heavy atom. The van der Waals surface area contributed by atoms with Crippen LogP contribution in [0.25, 0.3) is 0 Å². The first kappa shape index (κ1) is 15.9. The Labute approximate surface area is 136 Å². The molecule has 1 spiro atoms. The van der Waals surface area contributed by atoms with Crippen molar-refractivity contribution in [3.05, 3.63) is 23.5 Å². The number of hydrogen-bond donors (Lipinski definition) is 2. The minimum absolute atomic E-state index is 0.145. The molecule has 0 unspecified atom stereocenters. The number of rotatable bonds is 6. The average molecular weight is 316 g/mol. The van der Waals surface area contributed by atoms with Gasteiger partial charge in [-0.25, -0.2) is 0 Å². The van der Waals surface area contributed by atoms with Gasteiger partial charge in [-0.05, 0) is 51.6 Å². The zero-order chi connectivity index (χ0) is 16.3. The van der Waals surface area contributed by atoms with Gasteiger partial charge in [-0.2, -0.15) is 0 Å². The summed E-state index contributed by atoms with van der Waals surface area (Å²) in [7, 11) is 0. The molecule has 0 aromatic carbocycles. The number of likely N-dealkylation sites (tertiary alicyclic amines) is 1. The minimum atomic E-state index is -0.145. The van der Waals surface area contributed by atoms with Gasteiger partial charge in [-0.3, -0.25) is 19.5 Å². The number of anilines is 1. The first-order valence-corrected chi connectivity index (χ1v) is 8.35. The number of aromatic nitrogens is 1. The number of carbonyl (C=O) groups is 2. The fourth-order valence-corrected chi connectivity index (χ4v) is 3.77. The average Bonchev–Trinajstić information content (AvgIpc) is 2.93. The quantitative estimate of drug-likeness (QED) is 0.784. The van der Waals surface area contributed by atoms with E-state index in [0.29, 0.717) is 35.4 Å². The van der Waals surface area contributed by atoms with Gasteiger partial charge < -0.3 is 10.6 Å². The molecule has 2 fully saturated rings. The molecule has 1 aliphatic heterocycles. The highest BCUT2D eigenvalue weighted by atomic mass is 16.1. The van der Waals surface area contributed by atoms with Crippen LogP contribution in [-0.4, -0.2) is 47.4 Å². The standard InChI is InChI=1S/C17H24N4O2/c1-13-15(20-12-22)10-14(11-19-13)16(23)18-7-9-21-8-3-6-17(21)4-2-5-17/h10-12H,2-9H2,1H3,(H,18,23)(H,20,22). The lowest BCUT2D eigenvalue weighted by atomic mass is 9.75. The molecule has 0 atom stereocenters. The summed E-state index contributed by atoms with van der Waals surface area (Å²) in [5.41, 5.74) is 2.18. The van der Waals surface area contributed by atoms with Crippen molar-refractivity contribution in [3.63, 3.8) is 0 Å². The van der Waals surface area contributed by atoms with Crippen molar-refractivity contribution >= 4 is 18.0 Å². The van der Waals surface area contributed by atoms with Gasteiger partial charge in [0.25, 0.3) is 5.91 Å². The zero-order valence-corrected chi connectivity index (χ0v) is 13.6. The summed E-state index contributed by atoms with van der Waals surface area (Å²) in [6.07, 6.45) is 8.68. The predicted octanol–water partition coefficient (Wildman–Crippen LogP) is 1.71. The zero-order valence-electron chi connectivity index (χ0n) is 13.6. The highest BCUT2D eigenvalue weighted by molar-refractivity contribution is 5.95. The number of nitrogens with one attached hydrogen (secondary N) is 2. The van der Waals surface area contributed by atoms with Crippen molar-refractivity contribution in [2.45, 2.75) is 44.6 Å². The fraction of sp³-hybridized carbons (Fsp3) is 0.588. The molecule has 1 aromatic heterocycles. The van der Waals surface area contributed by atoms with E-state index in [1.807, 2.05) is 0 Å². The molecule has 1 saturated carbocycles. The third-order valence-corrected chi connectivity index (χ3v) is 5.26. The largest absolute Gasteiger partial charge is 0.351 e. The maximum atomic E-state index is 12.2. The van der Waals surface area contributed by atoms with E-state index in [4.69, 9.17) is 0 Å². The van der Waals surface area contributed by atoms with Gasteiger partial charge in [0.05, 0.1) is 16.9 Å². The van der Waals surface area contributed by atoms with Crippen LogP contribution in [0.1, 0.15) is 48.2 Å². The number of hydrogen-bond acceptors (Lipinski definition) is 4. The van der Waals surface area contributed by atoms with Crippen LogP contribution in [0.5, 0.6) is 0 Å². The molecule has 3 rings (SSSR count). The topological polar surface area (TPSA) is 74.3 Å². The van der Waals surface area contributed by atoms with E-state index in [2.05, 4.69) is 20.5 Å². The Hall–Kier alpha value is -1.95. The molecule has 1 aliphatic carbocycles. The van der Waals surface area contributed by atoms with Crippen molar-refractivity contribution in [2.24, 2.45) is 0 Å². The Kier molecular flexibility index (Phi) is 4.61. The van der Waals surface area contributed by atoms with Crippen LogP contribution >= 0.6 is 0 Å². The second-order valence-electron chi connectivity index (χ2n) is 6.54. The lowest BCUT2D eigenvalue weighted by molar-refractivity contribution is -0.105. The molecule has 6 nitrogen and oxygen atoms in total. The summed E-state index contributed by atoms with van der Waals surface area (Å²) in [6, 6.07) is 1.66. The van der Waals surface area contributed by atoms with Crippen LogP contribution in [0, 0.1) is 6.92 Å². The number of nitrogens with zero attached hydrogens (tertiary/aromatic N) is 2. The van der Waals surface area contributed by atoms with Gasteiger partial charge in [0.15, 0.2) is 0 Å². The van der Waals surface area contributed by atoms with E-state index in [-0.39, 0.29) is 5.91 Å². The van der Waals surface area contributed by atoms with E-state index in [9.17, 15) is 9.59 Å². The van der Waals surface area contributed by atoms with Crippen LogP contribution in [0.3, 0.4) is 0 Å². The van der Waals surface area contributed by atoms with Gasteiger partial charge in [0.2, 0.25) is 6.41 Å². The van der Waals surface area contributed by atoms with Crippen LogP contribution in [0.15, 0.2) is 12.3 Å². The second kappa shape index (κ2) is 6.66. The third-order valence-electron chi connectivity index (χ3n) is 5.26. The smallest absolute Gasteiger partial charge is 0.252 e. The molecular formula is C17H24N4O2. The number of amides is 2. The van der Waals surface area contributed by atoms with E-state index < -0.39 is 0 Å². The maximum absolute atomic E-state index is 12.2. The molecular weight excluding hydrogens is 292 g/mol. The summed E-state index contributed by atoms with van der Waals surface area (Å²) < 4.78 is 0. The molecule has 2 heterocycles. The predicted molar refractivity (Wildman–Crippen MR) is 88.4 cm³/mol. The van der Waals surface area contributed by atoms with Crippen molar-refractivity contribution in [3.8, 4) is 0 Å². The lowest BCUT2D eigenvalue weighted by Crippen LogP contribution is -2.51. The van der Waals surface area contributed by atoms with Crippen molar-refractivity contribution in [2.75, 3.05) is 25.0 Å². The van der Waals surface area contributed by atoms with E-state index in [0.717, 1.165) is 13.1 Å². The van der Waals surface area contributed by atoms with Gasteiger partial charge in [-0.1, -0.05) is 0 Å². The Bertz CT molecular complexity index is 598. The summed E-state index contributed by atoms with van der Waals surface area (Å²) in [4.78, 5) is 29.5. The first-order valence-electron chi connectivity index (χ1n) is 8.35. The van der Waals surface area contributed by atoms with E-state index in [1.165, 1.54) is 32.1 Å². The van der Waals surface area contributed by atoms with Crippen molar-refractivity contribution in [1.29, 1.82) is 0 Å². The molecule has 1 aromatic rings. The van der Waals surface area contributed by atoms with Crippen LogP contribution < -0.4 is 10.6 Å². The second-order valence-corrected chi connectivity index (χ2v) is 6.54. The van der Waals surface area contributed by atoms with Gasteiger partial charge in [0, 0.05) is 24.8 Å². The van der Waals surface area contributed by atoms with E-state index in [1.54, 1.807) is 19.2 Å². The normalized spacial score (nSPS) is 19.3. The summed E-state index contributed by atoms with van der Waals surface area (Å²) >= 11 is 0. The molecule has 2 N–H and O–H groups in total. The van der Waals surface area contributed by atoms with Crippen molar-refractivity contribution < 1.29 is 9.59 Å². The molecule has 1 saturated heterocycles. The molecule has 0 bridgehead atoms. The van der Waals surface area contributed by atoms with Crippen molar-refractivity contribution in [1.82, 2.24) is 15.2 Å². The number of pyridine rings is 1. The molecule has 0 radical (unpaired) electrons. The summed E-state index contributed by atoms with van der Waals surface area (Å²) in [5, 5.41) is 5.53. The van der Waals surface area contributed by atoms with E-state index >= 15 is 0 Å². The van der Waals surface area contributed by atoms with Gasteiger partial charge in [-0.15, -0.1) is 0 Å². The summed E-state index contributed by atoms with van der Waals surface area (Å²) in [5.74, 6) is -0.145. The van der Waals surface area contributed by atoms with Gasteiger partial charge >= 0.3 is 0 Å². The Balaban J connectivity index is 1.53. The van der Waals surface area contributed by atoms with Crippen LogP contribution in [-0.2, 0) is 4.79 Å². The maximum Gasteiger partial charge on any atom is 0.252 e. The third kappa shape index (κ3) is 3.22. The lowest BCUT2D eigenvalue weighted by Gasteiger charge is -2.46. The van der Waals surface area contributed by atoms with Gasteiger partial charge in [0.1, 0.15) is 0 Å². The molecule has 124 valence electrons.